The molecule has 0 aliphatic carbocycles. The summed E-state index contributed by atoms with van der Waals surface area (Å²) in [7, 11) is 1.46. The molecule has 1 heterocycles. The second-order valence-electron chi connectivity index (χ2n) is 7.02. The Bertz CT molecular complexity index is 782. The first-order valence-electron chi connectivity index (χ1n) is 9.70. The van der Waals surface area contributed by atoms with Crippen molar-refractivity contribution in [3.05, 3.63) is 65.7 Å². The topological polar surface area (TPSA) is 35.5 Å². The Morgan fingerprint density at radius 1 is 1.25 bits per heavy atom. The molecule has 28 heavy (non-hydrogen) atoms. The van der Waals surface area contributed by atoms with E-state index >= 15 is 0 Å². The number of benzene rings is 2. The first-order valence-corrected chi connectivity index (χ1v) is 12.8. The quantitative estimate of drug-likeness (QED) is 0.431. The summed E-state index contributed by atoms with van der Waals surface area (Å²) in [6.07, 6.45) is 0.687. The van der Waals surface area contributed by atoms with Crippen LogP contribution < -0.4 is 4.46 Å². The Labute approximate surface area is 178 Å². The van der Waals surface area contributed by atoms with Crippen molar-refractivity contribution < 1.29 is 14.3 Å². The number of ether oxygens (including phenoxy) is 2. The van der Waals surface area contributed by atoms with Gasteiger partial charge in [-0.2, -0.15) is 0 Å². The molecule has 0 radical (unpaired) electrons. The van der Waals surface area contributed by atoms with Crippen LogP contribution in [0.5, 0.6) is 0 Å². The summed E-state index contributed by atoms with van der Waals surface area (Å²) in [4.78, 5) is 12.1. The van der Waals surface area contributed by atoms with E-state index in [0.29, 0.717) is 18.3 Å². The van der Waals surface area contributed by atoms with Gasteiger partial charge in [-0.1, -0.05) is 0 Å². The van der Waals surface area contributed by atoms with Crippen LogP contribution in [0.25, 0.3) is 0 Å². The Kier molecular flexibility index (Phi) is 7.64. The molecule has 150 valence electrons. The van der Waals surface area contributed by atoms with Crippen molar-refractivity contribution >= 4 is 37.1 Å². The molecule has 1 aliphatic rings. The molecule has 0 spiro atoms. The Morgan fingerprint density at radius 3 is 2.68 bits per heavy atom. The van der Waals surface area contributed by atoms with Crippen molar-refractivity contribution in [2.24, 2.45) is 5.92 Å². The van der Waals surface area contributed by atoms with Crippen molar-refractivity contribution in [1.82, 2.24) is 0 Å². The molecular weight excluding hydrogens is 435 g/mol. The fraction of sp³-hybridized carbons (Fsp3) is 0.435. The van der Waals surface area contributed by atoms with Gasteiger partial charge in [-0.15, -0.1) is 0 Å². The van der Waals surface area contributed by atoms with Gasteiger partial charge in [0, 0.05) is 0 Å². The molecule has 2 aromatic carbocycles. The number of rotatable bonds is 8. The average molecular weight is 464 g/mol. The van der Waals surface area contributed by atoms with Crippen LogP contribution in [-0.4, -0.2) is 40.4 Å². The number of carbonyl (C=O) groups is 1. The van der Waals surface area contributed by atoms with Crippen LogP contribution in [0.15, 0.2) is 54.6 Å². The normalized spacial score (nSPS) is 22.8. The molecular formula is C23H28O3SSe. The monoisotopic (exact) mass is 464 g/mol. The number of hydrogen-bond acceptors (Lipinski definition) is 4. The van der Waals surface area contributed by atoms with E-state index < -0.39 is 5.60 Å². The Morgan fingerprint density at radius 2 is 1.96 bits per heavy atom. The summed E-state index contributed by atoms with van der Waals surface area (Å²) in [5.41, 5.74) is 2.19. The third-order valence-corrected chi connectivity index (χ3v) is 9.01. The van der Waals surface area contributed by atoms with Gasteiger partial charge in [0.25, 0.3) is 0 Å². The van der Waals surface area contributed by atoms with Gasteiger partial charge in [-0.05, 0) is 0 Å². The number of thioether (sulfide) groups is 1. The van der Waals surface area contributed by atoms with Gasteiger partial charge in [0.15, 0.2) is 0 Å². The van der Waals surface area contributed by atoms with Gasteiger partial charge < -0.3 is 0 Å². The molecule has 2 aromatic rings. The number of methoxy groups -OCH3 is 1. The van der Waals surface area contributed by atoms with Crippen LogP contribution >= 0.6 is 11.8 Å². The third kappa shape index (κ3) is 4.83. The molecule has 3 rings (SSSR count). The van der Waals surface area contributed by atoms with Crippen molar-refractivity contribution in [2.75, 3.05) is 19.5 Å². The molecule has 0 N–H and O–H groups in total. The van der Waals surface area contributed by atoms with Crippen LogP contribution in [0, 0.1) is 5.92 Å². The van der Waals surface area contributed by atoms with Crippen molar-refractivity contribution in [1.29, 1.82) is 0 Å². The number of carbonyl (C=O) groups excluding carboxylic acids is 1. The van der Waals surface area contributed by atoms with E-state index in [1.165, 1.54) is 17.1 Å². The molecule has 3 atom stereocenters. The van der Waals surface area contributed by atoms with Crippen LogP contribution in [0.4, 0.5) is 0 Å². The van der Waals surface area contributed by atoms with Gasteiger partial charge in [0.05, 0.1) is 0 Å². The second-order valence-corrected chi connectivity index (χ2v) is 10.8. The van der Waals surface area contributed by atoms with E-state index in [2.05, 4.69) is 50.2 Å². The van der Waals surface area contributed by atoms with E-state index in [0.717, 1.165) is 16.6 Å². The van der Waals surface area contributed by atoms with Gasteiger partial charge in [-0.25, -0.2) is 0 Å². The number of esters is 1. The van der Waals surface area contributed by atoms with Crippen molar-refractivity contribution in [3.63, 3.8) is 0 Å². The Hall–Kier alpha value is -1.26. The molecule has 0 saturated carbocycles. The van der Waals surface area contributed by atoms with Crippen LogP contribution in [-0.2, 0) is 19.9 Å². The van der Waals surface area contributed by atoms with E-state index in [-0.39, 0.29) is 26.8 Å². The fourth-order valence-electron chi connectivity index (χ4n) is 3.70. The molecule has 5 heteroatoms. The second kappa shape index (κ2) is 9.98. The fourth-order valence-corrected chi connectivity index (χ4v) is 7.57. The first kappa shape index (κ1) is 21.4. The van der Waals surface area contributed by atoms with Gasteiger partial charge >= 0.3 is 179 Å². The van der Waals surface area contributed by atoms with Crippen LogP contribution in [0.1, 0.15) is 36.6 Å². The molecule has 2 unspecified atom stereocenters. The number of hydrogen-bond donors (Lipinski definition) is 0. The molecule has 1 fully saturated rings. The molecule has 3 nitrogen and oxygen atoms in total. The molecule has 1 saturated heterocycles. The zero-order chi connectivity index (χ0) is 20.0. The third-order valence-electron chi connectivity index (χ3n) is 5.21. The summed E-state index contributed by atoms with van der Waals surface area (Å²) in [5.74, 6) is 0.755. The zero-order valence-corrected chi connectivity index (χ0v) is 19.3. The van der Waals surface area contributed by atoms with Crippen LogP contribution in [0.2, 0.25) is 5.32 Å². The van der Waals surface area contributed by atoms with Crippen molar-refractivity contribution in [3.8, 4) is 0 Å². The molecule has 0 aromatic heterocycles. The maximum absolute atomic E-state index is 12.1. The molecule has 0 bridgehead atoms. The maximum atomic E-state index is 12.1. The molecule has 0 amide bonds. The predicted molar refractivity (Wildman–Crippen MR) is 117 cm³/mol. The zero-order valence-electron chi connectivity index (χ0n) is 16.7. The first-order chi connectivity index (χ1) is 13.6. The molecule has 1 aliphatic heterocycles. The van der Waals surface area contributed by atoms with Crippen molar-refractivity contribution in [2.45, 2.75) is 36.4 Å². The summed E-state index contributed by atoms with van der Waals surface area (Å²) < 4.78 is 12.8. The minimum absolute atomic E-state index is 0.168. The average Bonchev–Trinajstić information content (AvgIpc) is 3.18. The minimum atomic E-state index is -0.408. The van der Waals surface area contributed by atoms with E-state index in [1.54, 1.807) is 0 Å². The standard InChI is InChI=1S/C23H28O3SSe/c1-4-27-17(2)20-12-8-9-13-21(20)28-16-23(19-10-6-5-7-11-19)14-18(15-26-23)22(24)25-3/h5-13,17-18H,4,14-16H2,1-3H3/t17-,18?,23?/m1/s1. The SMILES string of the molecule is CCS[C@H](C)c1ccccc1[Se]CC1(c2ccccc2)CC(C(=O)OC)CO1. The van der Waals surface area contributed by atoms with E-state index in [4.69, 9.17) is 9.47 Å². The predicted octanol–water partition coefficient (Wildman–Crippen LogP) is 4.35. The summed E-state index contributed by atoms with van der Waals surface area (Å²) in [6.45, 7) is 4.93. The Balaban J connectivity index is 1.84. The van der Waals surface area contributed by atoms with E-state index in [1.807, 2.05) is 30.0 Å². The summed E-state index contributed by atoms with van der Waals surface area (Å²) in [6, 6.07) is 19.1. The van der Waals surface area contributed by atoms with Gasteiger partial charge in [0.1, 0.15) is 0 Å². The van der Waals surface area contributed by atoms with Gasteiger partial charge in [0.2, 0.25) is 0 Å². The summed E-state index contributed by atoms with van der Waals surface area (Å²) in [5, 5.41) is 1.40. The van der Waals surface area contributed by atoms with Gasteiger partial charge in [-0.3, -0.25) is 0 Å². The van der Waals surface area contributed by atoms with Crippen LogP contribution in [0.3, 0.4) is 0 Å². The van der Waals surface area contributed by atoms with E-state index in [9.17, 15) is 4.79 Å². The summed E-state index contributed by atoms with van der Waals surface area (Å²) >= 11 is 2.23.